The van der Waals surface area contributed by atoms with E-state index in [1.165, 1.54) is 0 Å². The number of rotatable bonds is 2. The number of hydrogen-bond donors (Lipinski definition) is 1. The van der Waals surface area contributed by atoms with Crippen LogP contribution in [0.4, 0.5) is 18.9 Å². The van der Waals surface area contributed by atoms with Gasteiger partial charge in [0.1, 0.15) is 0 Å². The van der Waals surface area contributed by atoms with Crippen LogP contribution in [0.3, 0.4) is 0 Å². The fourth-order valence-electron chi connectivity index (χ4n) is 3.97. The molecule has 2 fully saturated rings. The maximum atomic E-state index is 13.1. The number of carbonyl (C=O) groups is 3. The van der Waals surface area contributed by atoms with E-state index in [0.29, 0.717) is 25.2 Å². The van der Waals surface area contributed by atoms with Gasteiger partial charge in [0.05, 0.1) is 22.9 Å². The molecule has 2 aromatic rings. The van der Waals surface area contributed by atoms with E-state index in [1.54, 1.807) is 35.4 Å². The zero-order chi connectivity index (χ0) is 23.5. The number of nitrogens with zero attached hydrogens (tertiary/aromatic N) is 5. The van der Waals surface area contributed by atoms with Crippen molar-refractivity contribution >= 4 is 23.5 Å². The molecule has 32 heavy (non-hydrogen) atoms. The molecule has 1 atom stereocenters. The van der Waals surface area contributed by atoms with Crippen LogP contribution in [0.5, 0.6) is 0 Å². The molecule has 2 saturated heterocycles. The Morgan fingerprint density at radius 2 is 1.91 bits per heavy atom. The number of carboxylic acids is 1. The summed E-state index contributed by atoms with van der Waals surface area (Å²) in [4.78, 5) is 42.4. The van der Waals surface area contributed by atoms with Gasteiger partial charge in [0.2, 0.25) is 5.91 Å². The molecule has 1 spiro atoms. The van der Waals surface area contributed by atoms with Crippen molar-refractivity contribution in [2.75, 3.05) is 24.5 Å². The minimum Gasteiger partial charge on any atom is -0.475 e. The fraction of sp³-hybridized carbons (Fsp3) is 0.450. The number of pyridine rings is 1. The Hall–Kier alpha value is -3.44. The van der Waals surface area contributed by atoms with Gasteiger partial charge >= 0.3 is 12.1 Å². The van der Waals surface area contributed by atoms with Crippen molar-refractivity contribution in [1.29, 1.82) is 0 Å². The van der Waals surface area contributed by atoms with Gasteiger partial charge in [-0.25, -0.2) is 4.79 Å². The van der Waals surface area contributed by atoms with Crippen molar-refractivity contribution in [1.82, 2.24) is 19.7 Å². The molecule has 0 aromatic carbocycles. The van der Waals surface area contributed by atoms with Gasteiger partial charge < -0.3 is 14.9 Å². The normalized spacial score (nSPS) is 20.8. The molecule has 2 aliphatic rings. The number of aryl methyl sites for hydroxylation is 1. The number of aromatic nitrogens is 3. The lowest BCUT2D eigenvalue weighted by atomic mass is 9.78. The lowest BCUT2D eigenvalue weighted by molar-refractivity contribution is -0.192. The van der Waals surface area contributed by atoms with Gasteiger partial charge in [0.15, 0.2) is 0 Å². The van der Waals surface area contributed by atoms with E-state index in [4.69, 9.17) is 9.90 Å². The number of amides is 2. The predicted octanol–water partition coefficient (Wildman–Crippen LogP) is 2.11. The molecule has 4 rings (SSSR count). The van der Waals surface area contributed by atoms with E-state index in [9.17, 15) is 22.8 Å². The monoisotopic (exact) mass is 453 g/mol. The van der Waals surface area contributed by atoms with Crippen LogP contribution in [0.2, 0.25) is 0 Å². The van der Waals surface area contributed by atoms with Crippen molar-refractivity contribution in [2.45, 2.75) is 25.4 Å². The Labute approximate surface area is 181 Å². The average molecular weight is 453 g/mol. The molecule has 4 heterocycles. The van der Waals surface area contributed by atoms with Gasteiger partial charge in [0, 0.05) is 45.3 Å². The summed E-state index contributed by atoms with van der Waals surface area (Å²) >= 11 is 0. The van der Waals surface area contributed by atoms with Gasteiger partial charge in [0.25, 0.3) is 5.91 Å². The van der Waals surface area contributed by atoms with E-state index in [-0.39, 0.29) is 11.8 Å². The summed E-state index contributed by atoms with van der Waals surface area (Å²) in [5, 5.41) is 11.3. The van der Waals surface area contributed by atoms with Crippen molar-refractivity contribution in [3.8, 4) is 0 Å². The molecule has 0 radical (unpaired) electrons. The summed E-state index contributed by atoms with van der Waals surface area (Å²) in [6, 6.07) is 3.53. The van der Waals surface area contributed by atoms with E-state index < -0.39 is 17.6 Å². The topological polar surface area (TPSA) is 109 Å². The molecule has 0 bridgehead atoms. The summed E-state index contributed by atoms with van der Waals surface area (Å²) in [5.74, 6) is -2.68. The highest BCUT2D eigenvalue weighted by molar-refractivity contribution is 6.01. The van der Waals surface area contributed by atoms with E-state index >= 15 is 0 Å². The van der Waals surface area contributed by atoms with Gasteiger partial charge in [-0.2, -0.15) is 18.3 Å². The summed E-state index contributed by atoms with van der Waals surface area (Å²) in [6.07, 6.45) is 4.19. The third-order valence-electron chi connectivity index (χ3n) is 5.53. The Kier molecular flexibility index (Phi) is 6.51. The number of hydrogen-bond acceptors (Lipinski definition) is 5. The molecule has 0 saturated carbocycles. The second kappa shape index (κ2) is 8.97. The van der Waals surface area contributed by atoms with Gasteiger partial charge in [-0.15, -0.1) is 0 Å². The molecule has 2 amide bonds. The maximum Gasteiger partial charge on any atom is 0.490 e. The van der Waals surface area contributed by atoms with Crippen LogP contribution in [-0.4, -0.2) is 68.4 Å². The van der Waals surface area contributed by atoms with Gasteiger partial charge in [-0.05, 0) is 31.4 Å². The first-order chi connectivity index (χ1) is 15.0. The Morgan fingerprint density at radius 1 is 1.19 bits per heavy atom. The Morgan fingerprint density at radius 3 is 2.47 bits per heavy atom. The number of halogens is 3. The number of carboxylic acid groups (broad SMARTS) is 1. The van der Waals surface area contributed by atoms with Crippen LogP contribution in [0, 0.1) is 5.41 Å². The highest BCUT2D eigenvalue weighted by Crippen LogP contribution is 2.42. The summed E-state index contributed by atoms with van der Waals surface area (Å²) in [7, 11) is 1.84. The second-order valence-corrected chi connectivity index (χ2v) is 7.73. The van der Waals surface area contributed by atoms with Crippen LogP contribution >= 0.6 is 0 Å². The van der Waals surface area contributed by atoms with E-state index in [2.05, 4.69) is 10.1 Å². The summed E-state index contributed by atoms with van der Waals surface area (Å²) in [6.45, 7) is 1.85. The highest BCUT2D eigenvalue weighted by Gasteiger charge is 2.50. The smallest absolute Gasteiger partial charge is 0.475 e. The molecular weight excluding hydrogens is 431 g/mol. The molecule has 12 heteroatoms. The number of carbonyl (C=O) groups excluding carboxylic acids is 2. The summed E-state index contributed by atoms with van der Waals surface area (Å²) < 4.78 is 33.4. The average Bonchev–Trinajstić information content (AvgIpc) is 3.31. The number of aliphatic carboxylic acids is 1. The number of anilines is 1. The SMILES string of the molecule is Cn1cc(N2CCC3(CCCN(C(=O)c4cccnc4)C3)C2=O)cn1.O=C(O)C(F)(F)F. The van der Waals surface area contributed by atoms with Crippen LogP contribution < -0.4 is 4.90 Å². The molecule has 1 unspecified atom stereocenters. The molecule has 0 aliphatic carbocycles. The minimum absolute atomic E-state index is 0.0418. The zero-order valence-electron chi connectivity index (χ0n) is 17.2. The lowest BCUT2D eigenvalue weighted by Gasteiger charge is -2.39. The fourth-order valence-corrected chi connectivity index (χ4v) is 3.97. The van der Waals surface area contributed by atoms with Crippen molar-refractivity contribution in [3.05, 3.63) is 42.5 Å². The van der Waals surface area contributed by atoms with Gasteiger partial charge in [-0.1, -0.05) is 0 Å². The first kappa shape index (κ1) is 23.2. The van der Waals surface area contributed by atoms with Crippen LogP contribution in [0.25, 0.3) is 0 Å². The first-order valence-corrected chi connectivity index (χ1v) is 9.83. The molecule has 2 aromatic heterocycles. The van der Waals surface area contributed by atoms with Crippen molar-refractivity contribution in [2.24, 2.45) is 12.5 Å². The lowest BCUT2D eigenvalue weighted by Crippen LogP contribution is -2.49. The largest absolute Gasteiger partial charge is 0.490 e. The number of alkyl halides is 3. The molecule has 2 aliphatic heterocycles. The Bertz CT molecular complexity index is 995. The Balaban J connectivity index is 0.000000360. The highest BCUT2D eigenvalue weighted by atomic mass is 19.4. The van der Waals surface area contributed by atoms with E-state index in [0.717, 1.165) is 24.9 Å². The molecule has 1 N–H and O–H groups in total. The van der Waals surface area contributed by atoms with E-state index in [1.807, 2.05) is 23.0 Å². The quantitative estimate of drug-likeness (QED) is 0.746. The van der Waals surface area contributed by atoms with Crippen LogP contribution in [0.1, 0.15) is 29.6 Å². The van der Waals surface area contributed by atoms with Gasteiger partial charge in [-0.3, -0.25) is 19.3 Å². The standard InChI is InChI=1S/C18H21N5O2.C2HF3O2/c1-21-12-15(11-20-21)23-9-6-18(17(23)25)5-3-8-22(13-18)16(24)14-4-2-7-19-10-14;3-2(4,5)1(6)7/h2,4,7,10-12H,3,5-6,8-9,13H2,1H3;(H,6,7). The second-order valence-electron chi connectivity index (χ2n) is 7.73. The number of piperidine rings is 1. The third kappa shape index (κ3) is 4.89. The number of likely N-dealkylation sites (tertiary alicyclic amines) is 1. The zero-order valence-corrected chi connectivity index (χ0v) is 17.2. The molecule has 172 valence electrons. The van der Waals surface area contributed by atoms with Crippen molar-refractivity contribution in [3.63, 3.8) is 0 Å². The maximum absolute atomic E-state index is 13.1. The molecular formula is C20H22F3N5O4. The van der Waals surface area contributed by atoms with Crippen LogP contribution in [-0.2, 0) is 16.6 Å². The summed E-state index contributed by atoms with van der Waals surface area (Å²) in [5.41, 5.74) is 0.945. The van der Waals surface area contributed by atoms with Crippen LogP contribution in [0.15, 0.2) is 36.9 Å². The molecule has 9 nitrogen and oxygen atoms in total. The first-order valence-electron chi connectivity index (χ1n) is 9.83. The predicted molar refractivity (Wildman–Crippen MR) is 106 cm³/mol. The van der Waals surface area contributed by atoms with Crippen molar-refractivity contribution < 1.29 is 32.7 Å². The minimum atomic E-state index is -5.08. The third-order valence-corrected chi connectivity index (χ3v) is 5.53.